The van der Waals surface area contributed by atoms with Crippen molar-refractivity contribution in [1.82, 2.24) is 9.80 Å². The summed E-state index contributed by atoms with van der Waals surface area (Å²) in [6.07, 6.45) is 0. The molecule has 0 unspecified atom stereocenters. The van der Waals surface area contributed by atoms with Crippen molar-refractivity contribution < 1.29 is 4.79 Å². The van der Waals surface area contributed by atoms with Gasteiger partial charge in [-0.3, -0.25) is 9.69 Å². The zero-order valence-corrected chi connectivity index (χ0v) is 11.6. The molecule has 0 aromatic heterocycles. The molecule has 98 valence electrons. The average Bonchev–Trinajstić information content (AvgIpc) is 2.34. The van der Waals surface area contributed by atoms with Gasteiger partial charge >= 0.3 is 0 Å². The molecule has 0 radical (unpaired) electrons. The van der Waals surface area contributed by atoms with E-state index in [1.807, 2.05) is 4.90 Å². The van der Waals surface area contributed by atoms with E-state index in [1.54, 1.807) is 6.92 Å². The summed E-state index contributed by atoms with van der Waals surface area (Å²) in [6.45, 7) is 10.6. The number of rotatable bonds is 2. The number of piperazine rings is 1. The van der Waals surface area contributed by atoms with Crippen LogP contribution >= 0.6 is 0 Å². The maximum absolute atomic E-state index is 11.3. The fourth-order valence-corrected chi connectivity index (χ4v) is 2.43. The van der Waals surface area contributed by atoms with Crippen LogP contribution in [0.5, 0.6) is 0 Å². The Morgan fingerprint density at radius 1 is 1.17 bits per heavy atom. The molecule has 1 aliphatic heterocycles. The Morgan fingerprint density at radius 2 is 1.83 bits per heavy atom. The highest BCUT2D eigenvalue weighted by Gasteiger charge is 2.18. The molecule has 1 amide bonds. The quantitative estimate of drug-likeness (QED) is 0.796. The van der Waals surface area contributed by atoms with Crippen LogP contribution in [0.3, 0.4) is 0 Å². The Labute approximate surface area is 109 Å². The number of hydrogen-bond acceptors (Lipinski definition) is 2. The van der Waals surface area contributed by atoms with Crippen molar-refractivity contribution in [3.63, 3.8) is 0 Å². The van der Waals surface area contributed by atoms with E-state index in [1.165, 1.54) is 16.7 Å². The van der Waals surface area contributed by atoms with E-state index in [-0.39, 0.29) is 5.91 Å². The molecule has 18 heavy (non-hydrogen) atoms. The molecule has 0 saturated carbocycles. The molecule has 1 fully saturated rings. The van der Waals surface area contributed by atoms with Crippen LogP contribution < -0.4 is 0 Å². The van der Waals surface area contributed by atoms with Crippen LogP contribution in [-0.2, 0) is 11.3 Å². The summed E-state index contributed by atoms with van der Waals surface area (Å²) in [7, 11) is 0. The van der Waals surface area contributed by atoms with E-state index in [0.717, 1.165) is 32.7 Å². The third kappa shape index (κ3) is 3.10. The van der Waals surface area contributed by atoms with Crippen LogP contribution in [0.25, 0.3) is 0 Å². The summed E-state index contributed by atoms with van der Waals surface area (Å²) in [6, 6.07) is 6.62. The Morgan fingerprint density at radius 3 is 2.44 bits per heavy atom. The molecule has 1 heterocycles. The van der Waals surface area contributed by atoms with Crippen LogP contribution in [0.15, 0.2) is 18.2 Å². The van der Waals surface area contributed by atoms with E-state index in [9.17, 15) is 4.79 Å². The third-order valence-corrected chi connectivity index (χ3v) is 3.72. The van der Waals surface area contributed by atoms with Crippen LogP contribution in [0.1, 0.15) is 23.6 Å². The predicted molar refractivity (Wildman–Crippen MR) is 73.4 cm³/mol. The fourth-order valence-electron chi connectivity index (χ4n) is 2.43. The minimum absolute atomic E-state index is 0.196. The number of carbonyl (C=O) groups is 1. The summed E-state index contributed by atoms with van der Waals surface area (Å²) in [5.74, 6) is 0.196. The van der Waals surface area contributed by atoms with E-state index >= 15 is 0 Å². The van der Waals surface area contributed by atoms with Crippen molar-refractivity contribution in [2.75, 3.05) is 26.2 Å². The maximum atomic E-state index is 11.3. The number of nitrogens with zero attached hydrogens (tertiary/aromatic N) is 2. The monoisotopic (exact) mass is 246 g/mol. The largest absolute Gasteiger partial charge is 0.340 e. The van der Waals surface area contributed by atoms with Gasteiger partial charge in [0.05, 0.1) is 0 Å². The molecular weight excluding hydrogens is 224 g/mol. The molecule has 1 aromatic rings. The SMILES string of the molecule is CC(=O)N1CCN(Cc2cc(C)ccc2C)CC1. The van der Waals surface area contributed by atoms with E-state index in [0.29, 0.717) is 0 Å². The molecule has 3 heteroatoms. The zero-order chi connectivity index (χ0) is 13.1. The van der Waals surface area contributed by atoms with Crippen LogP contribution in [0.4, 0.5) is 0 Å². The minimum Gasteiger partial charge on any atom is -0.340 e. The average molecular weight is 246 g/mol. The van der Waals surface area contributed by atoms with Gasteiger partial charge in [0.2, 0.25) is 5.91 Å². The van der Waals surface area contributed by atoms with Gasteiger partial charge in [0.15, 0.2) is 0 Å². The van der Waals surface area contributed by atoms with Crippen molar-refractivity contribution in [2.24, 2.45) is 0 Å². The number of carbonyl (C=O) groups excluding carboxylic acids is 1. The molecular formula is C15H22N2O. The van der Waals surface area contributed by atoms with Crippen LogP contribution in [-0.4, -0.2) is 41.9 Å². The van der Waals surface area contributed by atoms with Gasteiger partial charge in [-0.25, -0.2) is 0 Å². The van der Waals surface area contributed by atoms with Gasteiger partial charge < -0.3 is 4.90 Å². The first-order valence-corrected chi connectivity index (χ1v) is 6.60. The van der Waals surface area contributed by atoms with Crippen molar-refractivity contribution in [1.29, 1.82) is 0 Å². The highest BCUT2D eigenvalue weighted by atomic mass is 16.2. The van der Waals surface area contributed by atoms with E-state index in [2.05, 4.69) is 36.9 Å². The topological polar surface area (TPSA) is 23.6 Å². The fraction of sp³-hybridized carbons (Fsp3) is 0.533. The second-order valence-corrected chi connectivity index (χ2v) is 5.21. The number of aryl methyl sites for hydroxylation is 2. The first-order valence-electron chi connectivity index (χ1n) is 6.60. The van der Waals surface area contributed by atoms with Crippen molar-refractivity contribution in [3.8, 4) is 0 Å². The molecule has 0 bridgehead atoms. The van der Waals surface area contributed by atoms with E-state index in [4.69, 9.17) is 0 Å². The normalized spacial score (nSPS) is 16.9. The van der Waals surface area contributed by atoms with Crippen molar-refractivity contribution in [3.05, 3.63) is 34.9 Å². The van der Waals surface area contributed by atoms with Crippen LogP contribution in [0, 0.1) is 13.8 Å². The van der Waals surface area contributed by atoms with Crippen molar-refractivity contribution >= 4 is 5.91 Å². The number of benzene rings is 1. The van der Waals surface area contributed by atoms with E-state index < -0.39 is 0 Å². The van der Waals surface area contributed by atoms with Gasteiger partial charge in [0.1, 0.15) is 0 Å². The maximum Gasteiger partial charge on any atom is 0.219 e. The predicted octanol–water partition coefficient (Wildman–Crippen LogP) is 1.97. The lowest BCUT2D eigenvalue weighted by Gasteiger charge is -2.34. The molecule has 1 aromatic carbocycles. The molecule has 0 aliphatic carbocycles. The first kappa shape index (κ1) is 13.1. The lowest BCUT2D eigenvalue weighted by molar-refractivity contribution is -0.130. The first-order chi connectivity index (χ1) is 8.56. The van der Waals surface area contributed by atoms with Gasteiger partial charge in [-0.2, -0.15) is 0 Å². The van der Waals surface area contributed by atoms with Crippen LogP contribution in [0.2, 0.25) is 0 Å². The summed E-state index contributed by atoms with van der Waals surface area (Å²) in [5.41, 5.74) is 4.08. The molecule has 0 N–H and O–H groups in total. The van der Waals surface area contributed by atoms with Gasteiger partial charge in [0.25, 0.3) is 0 Å². The Hall–Kier alpha value is -1.35. The third-order valence-electron chi connectivity index (χ3n) is 3.72. The second kappa shape index (κ2) is 5.53. The molecule has 0 spiro atoms. The minimum atomic E-state index is 0.196. The summed E-state index contributed by atoms with van der Waals surface area (Å²) in [4.78, 5) is 15.6. The van der Waals surface area contributed by atoms with Gasteiger partial charge in [-0.05, 0) is 25.0 Å². The Kier molecular flexibility index (Phi) is 4.02. The highest BCUT2D eigenvalue weighted by Crippen LogP contribution is 2.14. The van der Waals surface area contributed by atoms with Gasteiger partial charge in [-0.15, -0.1) is 0 Å². The standard InChI is InChI=1S/C15H22N2O/c1-12-4-5-13(2)15(10-12)11-16-6-8-17(9-7-16)14(3)18/h4-5,10H,6-9,11H2,1-3H3. The zero-order valence-electron chi connectivity index (χ0n) is 11.6. The summed E-state index contributed by atoms with van der Waals surface area (Å²) >= 11 is 0. The lowest BCUT2D eigenvalue weighted by Crippen LogP contribution is -2.47. The summed E-state index contributed by atoms with van der Waals surface area (Å²) < 4.78 is 0. The Bertz CT molecular complexity index is 434. The molecule has 3 nitrogen and oxygen atoms in total. The molecule has 1 saturated heterocycles. The van der Waals surface area contributed by atoms with Gasteiger partial charge in [0, 0.05) is 39.6 Å². The van der Waals surface area contributed by atoms with Gasteiger partial charge in [-0.1, -0.05) is 23.8 Å². The lowest BCUT2D eigenvalue weighted by atomic mass is 10.0. The Balaban J connectivity index is 1.95. The summed E-state index contributed by atoms with van der Waals surface area (Å²) in [5, 5.41) is 0. The van der Waals surface area contributed by atoms with Crippen molar-refractivity contribution in [2.45, 2.75) is 27.3 Å². The highest BCUT2D eigenvalue weighted by molar-refractivity contribution is 5.73. The molecule has 0 atom stereocenters. The second-order valence-electron chi connectivity index (χ2n) is 5.21. The number of hydrogen-bond donors (Lipinski definition) is 0. The number of amides is 1. The smallest absolute Gasteiger partial charge is 0.219 e. The molecule has 2 rings (SSSR count). The molecule has 1 aliphatic rings.